The molecule has 11 heavy (non-hydrogen) atoms. The third kappa shape index (κ3) is 2.44. The van der Waals surface area contributed by atoms with Crippen LogP contribution in [-0.4, -0.2) is 17.0 Å². The molecule has 1 aromatic heterocycles. The SMILES string of the molecule is CC(O)(C=O)Cc1ccsc1. The number of aldehydes is 1. The summed E-state index contributed by atoms with van der Waals surface area (Å²) in [6.07, 6.45) is 0.977. The Morgan fingerprint density at radius 1 is 1.82 bits per heavy atom. The largest absolute Gasteiger partial charge is 0.382 e. The molecule has 1 unspecified atom stereocenters. The van der Waals surface area contributed by atoms with Gasteiger partial charge in [0, 0.05) is 6.42 Å². The summed E-state index contributed by atoms with van der Waals surface area (Å²) in [5.41, 5.74) is -0.201. The highest BCUT2D eigenvalue weighted by molar-refractivity contribution is 7.07. The van der Waals surface area contributed by atoms with E-state index in [0.29, 0.717) is 12.7 Å². The second kappa shape index (κ2) is 3.15. The lowest BCUT2D eigenvalue weighted by Crippen LogP contribution is -2.28. The monoisotopic (exact) mass is 170 g/mol. The molecule has 1 heterocycles. The zero-order valence-electron chi connectivity index (χ0n) is 6.28. The highest BCUT2D eigenvalue weighted by Gasteiger charge is 2.19. The molecule has 1 rings (SSSR count). The van der Waals surface area contributed by atoms with Crippen LogP contribution in [0.1, 0.15) is 12.5 Å². The van der Waals surface area contributed by atoms with Gasteiger partial charge in [0.15, 0.2) is 6.29 Å². The molecule has 1 N–H and O–H groups in total. The van der Waals surface area contributed by atoms with Crippen LogP contribution in [0, 0.1) is 0 Å². The van der Waals surface area contributed by atoms with E-state index in [4.69, 9.17) is 0 Å². The molecule has 0 aliphatic heterocycles. The number of carbonyl (C=O) groups is 1. The molecule has 0 aromatic carbocycles. The lowest BCUT2D eigenvalue weighted by molar-refractivity contribution is -0.122. The predicted molar refractivity (Wildman–Crippen MR) is 44.7 cm³/mol. The van der Waals surface area contributed by atoms with Gasteiger partial charge in [0.25, 0.3) is 0 Å². The van der Waals surface area contributed by atoms with Crippen molar-refractivity contribution < 1.29 is 9.90 Å². The van der Waals surface area contributed by atoms with Gasteiger partial charge in [0.05, 0.1) is 0 Å². The Balaban J connectivity index is 2.63. The van der Waals surface area contributed by atoms with E-state index < -0.39 is 5.60 Å². The fourth-order valence-corrected chi connectivity index (χ4v) is 1.52. The molecule has 0 saturated carbocycles. The maximum atomic E-state index is 10.3. The number of rotatable bonds is 3. The Kier molecular flexibility index (Phi) is 2.42. The zero-order chi connectivity index (χ0) is 8.32. The van der Waals surface area contributed by atoms with Crippen molar-refractivity contribution in [2.45, 2.75) is 18.9 Å². The normalized spacial score (nSPS) is 15.8. The molecule has 1 atom stereocenters. The van der Waals surface area contributed by atoms with Crippen molar-refractivity contribution in [1.82, 2.24) is 0 Å². The van der Waals surface area contributed by atoms with Gasteiger partial charge in [-0.15, -0.1) is 0 Å². The smallest absolute Gasteiger partial charge is 0.151 e. The quantitative estimate of drug-likeness (QED) is 0.693. The third-order valence-electron chi connectivity index (χ3n) is 1.40. The van der Waals surface area contributed by atoms with E-state index in [1.165, 1.54) is 6.92 Å². The second-order valence-electron chi connectivity index (χ2n) is 2.78. The minimum atomic E-state index is -1.21. The van der Waals surface area contributed by atoms with E-state index in [2.05, 4.69) is 0 Å². The molecule has 0 amide bonds. The fourth-order valence-electron chi connectivity index (χ4n) is 0.848. The Labute approximate surface area is 69.5 Å². The highest BCUT2D eigenvalue weighted by atomic mass is 32.1. The van der Waals surface area contributed by atoms with Gasteiger partial charge in [0.1, 0.15) is 5.60 Å². The summed E-state index contributed by atoms with van der Waals surface area (Å²) in [6.45, 7) is 1.51. The summed E-state index contributed by atoms with van der Waals surface area (Å²) < 4.78 is 0. The van der Waals surface area contributed by atoms with Crippen LogP contribution in [0.2, 0.25) is 0 Å². The Bertz CT molecular complexity index is 226. The van der Waals surface area contributed by atoms with Crippen LogP contribution >= 0.6 is 11.3 Å². The van der Waals surface area contributed by atoms with Crippen LogP contribution < -0.4 is 0 Å². The predicted octanol–water partition coefficient (Wildman–Crippen LogP) is 1.24. The molecule has 60 valence electrons. The molecule has 0 saturated heterocycles. The highest BCUT2D eigenvalue weighted by Crippen LogP contribution is 2.13. The van der Waals surface area contributed by atoms with E-state index >= 15 is 0 Å². The minimum absolute atomic E-state index is 0.403. The first-order valence-electron chi connectivity index (χ1n) is 3.34. The Morgan fingerprint density at radius 3 is 3.00 bits per heavy atom. The third-order valence-corrected chi connectivity index (χ3v) is 2.13. The molecule has 0 aliphatic carbocycles. The van der Waals surface area contributed by atoms with Gasteiger partial charge in [-0.3, -0.25) is 0 Å². The van der Waals surface area contributed by atoms with Crippen molar-refractivity contribution in [1.29, 1.82) is 0 Å². The van der Waals surface area contributed by atoms with Crippen LogP contribution in [0.4, 0.5) is 0 Å². The number of hydrogen-bond acceptors (Lipinski definition) is 3. The summed E-state index contributed by atoms with van der Waals surface area (Å²) in [7, 11) is 0. The topological polar surface area (TPSA) is 37.3 Å². The zero-order valence-corrected chi connectivity index (χ0v) is 7.10. The van der Waals surface area contributed by atoms with Gasteiger partial charge >= 0.3 is 0 Å². The van der Waals surface area contributed by atoms with Crippen LogP contribution in [0.15, 0.2) is 16.8 Å². The van der Waals surface area contributed by atoms with Crippen molar-refractivity contribution >= 4 is 17.6 Å². The van der Waals surface area contributed by atoms with Crippen molar-refractivity contribution in [2.24, 2.45) is 0 Å². The molecule has 0 fully saturated rings. The van der Waals surface area contributed by atoms with Crippen molar-refractivity contribution in [3.8, 4) is 0 Å². The van der Waals surface area contributed by atoms with E-state index in [1.807, 2.05) is 16.8 Å². The first-order chi connectivity index (χ1) is 5.14. The maximum Gasteiger partial charge on any atom is 0.151 e. The van der Waals surface area contributed by atoms with Crippen LogP contribution in [-0.2, 0) is 11.2 Å². The average Bonchev–Trinajstić information content (AvgIpc) is 2.39. The number of aliphatic hydroxyl groups is 1. The first-order valence-corrected chi connectivity index (χ1v) is 4.28. The maximum absolute atomic E-state index is 10.3. The molecule has 2 nitrogen and oxygen atoms in total. The lowest BCUT2D eigenvalue weighted by atomic mass is 10.0. The molecule has 0 spiro atoms. The molecular weight excluding hydrogens is 160 g/mol. The molecule has 0 bridgehead atoms. The van der Waals surface area contributed by atoms with Gasteiger partial charge in [-0.25, -0.2) is 0 Å². The average molecular weight is 170 g/mol. The van der Waals surface area contributed by atoms with E-state index in [0.717, 1.165) is 5.56 Å². The van der Waals surface area contributed by atoms with Gasteiger partial charge in [-0.1, -0.05) is 0 Å². The Morgan fingerprint density at radius 2 is 2.55 bits per heavy atom. The summed E-state index contributed by atoms with van der Waals surface area (Å²) in [4.78, 5) is 10.3. The lowest BCUT2D eigenvalue weighted by Gasteiger charge is -2.13. The van der Waals surface area contributed by atoms with Crippen LogP contribution in [0.3, 0.4) is 0 Å². The summed E-state index contributed by atoms with van der Waals surface area (Å²) in [5, 5.41) is 13.2. The fraction of sp³-hybridized carbons (Fsp3) is 0.375. The van der Waals surface area contributed by atoms with Crippen molar-refractivity contribution in [3.63, 3.8) is 0 Å². The second-order valence-corrected chi connectivity index (χ2v) is 3.56. The van der Waals surface area contributed by atoms with E-state index in [-0.39, 0.29) is 0 Å². The molecule has 0 aliphatic rings. The number of hydrogen-bond donors (Lipinski definition) is 1. The number of thiophene rings is 1. The summed E-state index contributed by atoms with van der Waals surface area (Å²) in [6, 6.07) is 1.91. The van der Waals surface area contributed by atoms with Crippen LogP contribution in [0.25, 0.3) is 0 Å². The minimum Gasteiger partial charge on any atom is -0.382 e. The van der Waals surface area contributed by atoms with Crippen molar-refractivity contribution in [3.05, 3.63) is 22.4 Å². The molecular formula is C8H10O2S. The summed E-state index contributed by atoms with van der Waals surface area (Å²) in [5.74, 6) is 0. The number of carbonyl (C=O) groups excluding carboxylic acids is 1. The van der Waals surface area contributed by atoms with Gasteiger partial charge in [0.2, 0.25) is 0 Å². The van der Waals surface area contributed by atoms with Gasteiger partial charge in [-0.2, -0.15) is 11.3 Å². The first kappa shape index (κ1) is 8.43. The van der Waals surface area contributed by atoms with Gasteiger partial charge < -0.3 is 9.90 Å². The van der Waals surface area contributed by atoms with Gasteiger partial charge in [-0.05, 0) is 29.3 Å². The van der Waals surface area contributed by atoms with Crippen molar-refractivity contribution in [2.75, 3.05) is 0 Å². The molecule has 1 aromatic rings. The molecule has 0 radical (unpaired) electrons. The molecule has 3 heteroatoms. The van der Waals surface area contributed by atoms with E-state index in [9.17, 15) is 9.90 Å². The van der Waals surface area contributed by atoms with E-state index in [1.54, 1.807) is 11.3 Å². The standard InChI is InChI=1S/C8H10O2S/c1-8(10,6-9)4-7-2-3-11-5-7/h2-3,5-6,10H,4H2,1H3. The van der Waals surface area contributed by atoms with Crippen LogP contribution in [0.5, 0.6) is 0 Å². The Hall–Kier alpha value is -0.670. The summed E-state index contributed by atoms with van der Waals surface area (Å²) >= 11 is 1.56.